The van der Waals surface area contributed by atoms with E-state index < -0.39 is 11.8 Å². The summed E-state index contributed by atoms with van der Waals surface area (Å²) in [7, 11) is 3.85. The molecule has 6 nitrogen and oxygen atoms in total. The van der Waals surface area contributed by atoms with Crippen molar-refractivity contribution in [3.05, 3.63) is 11.1 Å². The van der Waals surface area contributed by atoms with Gasteiger partial charge >= 0.3 is 11.8 Å². The highest BCUT2D eigenvalue weighted by atomic mass is 32.1. The zero-order valence-electron chi connectivity index (χ0n) is 15.6. The molecule has 4 aliphatic rings. The summed E-state index contributed by atoms with van der Waals surface area (Å²) in [6.45, 7) is 1.15. The van der Waals surface area contributed by atoms with Crippen LogP contribution in [0.3, 0.4) is 0 Å². The van der Waals surface area contributed by atoms with Crippen molar-refractivity contribution in [3.8, 4) is 0 Å². The number of anilines is 1. The zero-order valence-corrected chi connectivity index (χ0v) is 16.4. The Hall–Kier alpha value is -1.47. The number of thiazole rings is 1. The van der Waals surface area contributed by atoms with Gasteiger partial charge in [-0.25, -0.2) is 4.98 Å². The number of hydrogen-bond donors (Lipinski definition) is 2. The fourth-order valence-corrected chi connectivity index (χ4v) is 6.45. The molecule has 2 amide bonds. The van der Waals surface area contributed by atoms with Crippen LogP contribution < -0.4 is 10.6 Å². The van der Waals surface area contributed by atoms with E-state index in [2.05, 4.69) is 16.0 Å². The molecule has 1 aromatic rings. The molecule has 142 valence electrons. The highest BCUT2D eigenvalue weighted by Gasteiger charge is 2.52. The summed E-state index contributed by atoms with van der Waals surface area (Å²) in [5.74, 6) is 1.36. The van der Waals surface area contributed by atoms with Crippen molar-refractivity contribution in [1.82, 2.24) is 15.2 Å². The molecule has 0 unspecified atom stereocenters. The third-order valence-electron chi connectivity index (χ3n) is 6.36. The lowest BCUT2D eigenvalue weighted by molar-refractivity contribution is -0.136. The average molecular weight is 377 g/mol. The van der Waals surface area contributed by atoms with Crippen molar-refractivity contribution in [2.24, 2.45) is 17.8 Å². The maximum atomic E-state index is 12.1. The van der Waals surface area contributed by atoms with Crippen LogP contribution >= 0.6 is 11.3 Å². The van der Waals surface area contributed by atoms with Gasteiger partial charge in [-0.05, 0) is 70.4 Å². The van der Waals surface area contributed by atoms with Gasteiger partial charge in [0.2, 0.25) is 0 Å². The molecule has 0 saturated heterocycles. The largest absolute Gasteiger partial charge is 0.347 e. The fourth-order valence-electron chi connectivity index (χ4n) is 5.63. The Morgan fingerprint density at radius 2 is 1.77 bits per heavy atom. The molecule has 4 saturated carbocycles. The first kappa shape index (κ1) is 17.9. The molecule has 0 aliphatic heterocycles. The van der Waals surface area contributed by atoms with Gasteiger partial charge in [-0.1, -0.05) is 0 Å². The van der Waals surface area contributed by atoms with E-state index in [1.807, 2.05) is 19.0 Å². The highest BCUT2D eigenvalue weighted by molar-refractivity contribution is 7.14. The summed E-state index contributed by atoms with van der Waals surface area (Å²) in [6.07, 6.45) is 7.96. The molecule has 0 radical (unpaired) electrons. The molecule has 7 heteroatoms. The maximum Gasteiger partial charge on any atom is 0.315 e. The van der Waals surface area contributed by atoms with Crippen molar-refractivity contribution in [1.29, 1.82) is 0 Å². The third kappa shape index (κ3) is 3.51. The van der Waals surface area contributed by atoms with Crippen LogP contribution in [-0.2, 0) is 15.0 Å². The van der Waals surface area contributed by atoms with Crippen LogP contribution in [0, 0.1) is 17.8 Å². The molecule has 4 fully saturated rings. The normalized spacial score (nSPS) is 32.0. The van der Waals surface area contributed by atoms with Crippen molar-refractivity contribution < 1.29 is 9.59 Å². The number of nitrogens with one attached hydrogen (secondary N) is 2. The number of carbonyl (C=O) groups is 2. The molecule has 0 aromatic carbocycles. The van der Waals surface area contributed by atoms with Crippen molar-refractivity contribution in [2.45, 2.75) is 43.9 Å². The lowest BCUT2D eigenvalue weighted by Gasteiger charge is -2.56. The van der Waals surface area contributed by atoms with Gasteiger partial charge in [-0.3, -0.25) is 14.9 Å². The molecular weight excluding hydrogens is 348 g/mol. The van der Waals surface area contributed by atoms with Crippen LogP contribution in [0.1, 0.15) is 44.2 Å². The van der Waals surface area contributed by atoms with E-state index in [1.165, 1.54) is 49.9 Å². The minimum atomic E-state index is -0.629. The SMILES string of the molecule is CN(C)CCNC(=O)C(=O)Nc1nc(C23CC4CC(CC(C4)C2)C3)cs1. The van der Waals surface area contributed by atoms with Gasteiger partial charge in [0.1, 0.15) is 0 Å². The number of carbonyl (C=O) groups excluding carboxylic acids is 2. The van der Waals surface area contributed by atoms with Crippen LogP contribution in [0.25, 0.3) is 0 Å². The first-order valence-electron chi connectivity index (χ1n) is 9.63. The Morgan fingerprint density at radius 3 is 2.35 bits per heavy atom. The number of hydrogen-bond acceptors (Lipinski definition) is 5. The second kappa shape index (κ2) is 6.93. The first-order valence-corrected chi connectivity index (χ1v) is 10.5. The van der Waals surface area contributed by atoms with Crippen molar-refractivity contribution >= 4 is 28.3 Å². The second-order valence-corrected chi connectivity index (χ2v) is 9.61. The second-order valence-electron chi connectivity index (χ2n) is 8.75. The van der Waals surface area contributed by atoms with Crippen LogP contribution in [0.2, 0.25) is 0 Å². The van der Waals surface area contributed by atoms with Crippen LogP contribution in [0.5, 0.6) is 0 Å². The van der Waals surface area contributed by atoms with E-state index >= 15 is 0 Å². The van der Waals surface area contributed by atoms with E-state index in [1.54, 1.807) is 0 Å². The number of likely N-dealkylation sites (N-methyl/N-ethyl adjacent to an activating group) is 1. The van der Waals surface area contributed by atoms with Gasteiger partial charge in [0.25, 0.3) is 0 Å². The molecular formula is C19H28N4O2S. The number of nitrogens with zero attached hydrogens (tertiary/aromatic N) is 2. The van der Waals surface area contributed by atoms with Crippen LogP contribution in [0.4, 0.5) is 5.13 Å². The van der Waals surface area contributed by atoms with Crippen LogP contribution in [0.15, 0.2) is 5.38 Å². The Balaban J connectivity index is 1.38. The Bertz CT molecular complexity index is 664. The molecule has 2 N–H and O–H groups in total. The topological polar surface area (TPSA) is 74.3 Å². The van der Waals surface area contributed by atoms with E-state index in [4.69, 9.17) is 4.98 Å². The highest BCUT2D eigenvalue weighted by Crippen LogP contribution is 2.60. The molecule has 1 aromatic heterocycles. The molecule has 1 heterocycles. The summed E-state index contributed by atoms with van der Waals surface area (Å²) in [4.78, 5) is 30.7. The van der Waals surface area contributed by atoms with E-state index in [9.17, 15) is 9.59 Å². The lowest BCUT2D eigenvalue weighted by Crippen LogP contribution is -2.48. The molecule has 5 rings (SSSR count). The summed E-state index contributed by atoms with van der Waals surface area (Å²) >= 11 is 1.44. The monoisotopic (exact) mass is 376 g/mol. The maximum absolute atomic E-state index is 12.1. The summed E-state index contributed by atoms with van der Waals surface area (Å²) in [5, 5.41) is 7.96. The van der Waals surface area contributed by atoms with Gasteiger partial charge in [-0.2, -0.15) is 0 Å². The molecule has 4 bridgehead atoms. The van der Waals surface area contributed by atoms with Crippen molar-refractivity contribution in [3.63, 3.8) is 0 Å². The predicted octanol–water partition coefficient (Wildman–Crippen LogP) is 2.23. The van der Waals surface area contributed by atoms with Crippen LogP contribution in [-0.4, -0.2) is 48.9 Å². The summed E-state index contributed by atoms with van der Waals surface area (Å²) in [5.41, 5.74) is 1.37. The van der Waals surface area contributed by atoms with Gasteiger partial charge in [0, 0.05) is 23.9 Å². The minimum absolute atomic E-state index is 0.224. The van der Waals surface area contributed by atoms with E-state index in [0.717, 1.165) is 23.4 Å². The number of aromatic nitrogens is 1. The summed E-state index contributed by atoms with van der Waals surface area (Å²) < 4.78 is 0. The first-order chi connectivity index (χ1) is 12.4. The zero-order chi connectivity index (χ0) is 18.3. The van der Waals surface area contributed by atoms with Gasteiger partial charge < -0.3 is 10.2 Å². The standard InChI is InChI=1S/C19H28N4O2S/c1-23(2)4-3-20-16(24)17(25)22-18-21-15(11-26-18)19-8-12-5-13(9-19)7-14(6-12)10-19/h11-14H,3-10H2,1-2H3,(H,20,24)(H,21,22,25). The van der Waals surface area contributed by atoms with E-state index in [-0.39, 0.29) is 5.41 Å². The lowest BCUT2D eigenvalue weighted by atomic mass is 9.49. The molecule has 0 spiro atoms. The number of amides is 2. The van der Waals surface area contributed by atoms with Crippen molar-refractivity contribution in [2.75, 3.05) is 32.5 Å². The van der Waals surface area contributed by atoms with Gasteiger partial charge in [-0.15, -0.1) is 11.3 Å². The van der Waals surface area contributed by atoms with Gasteiger partial charge in [0.15, 0.2) is 5.13 Å². The fraction of sp³-hybridized carbons (Fsp3) is 0.737. The molecule has 4 aliphatic carbocycles. The predicted molar refractivity (Wildman–Crippen MR) is 102 cm³/mol. The smallest absolute Gasteiger partial charge is 0.315 e. The minimum Gasteiger partial charge on any atom is -0.347 e. The molecule has 26 heavy (non-hydrogen) atoms. The quantitative estimate of drug-likeness (QED) is 0.773. The Labute approximate surface area is 158 Å². The van der Waals surface area contributed by atoms with E-state index in [0.29, 0.717) is 18.2 Å². The number of rotatable bonds is 5. The molecule has 0 atom stereocenters. The average Bonchev–Trinajstić information content (AvgIpc) is 3.02. The summed E-state index contributed by atoms with van der Waals surface area (Å²) in [6, 6.07) is 0. The third-order valence-corrected chi connectivity index (χ3v) is 7.11. The van der Waals surface area contributed by atoms with Gasteiger partial charge in [0.05, 0.1) is 5.69 Å². The Kier molecular flexibility index (Phi) is 4.77. The Morgan fingerprint density at radius 1 is 1.15 bits per heavy atom.